The van der Waals surface area contributed by atoms with Gasteiger partial charge in [0.25, 0.3) is 0 Å². The first kappa shape index (κ1) is 15.1. The van der Waals surface area contributed by atoms with Gasteiger partial charge in [-0.2, -0.15) is 0 Å². The molecule has 18 heavy (non-hydrogen) atoms. The summed E-state index contributed by atoms with van der Waals surface area (Å²) in [6.07, 6.45) is -1.17. The molecule has 6 heteroatoms. The van der Waals surface area contributed by atoms with Crippen molar-refractivity contribution in [2.75, 3.05) is 26.2 Å². The van der Waals surface area contributed by atoms with Crippen molar-refractivity contribution in [2.45, 2.75) is 31.7 Å². The van der Waals surface area contributed by atoms with Crippen molar-refractivity contribution in [2.24, 2.45) is 0 Å². The zero-order valence-electron chi connectivity index (χ0n) is 10.7. The average molecular weight is 258 g/mol. The molecule has 4 N–H and O–H groups in total. The minimum absolute atomic E-state index is 0.0970. The number of amides is 1. The molecule has 1 saturated heterocycles. The van der Waals surface area contributed by atoms with E-state index in [2.05, 4.69) is 17.2 Å². The molecule has 1 heterocycles. The second-order valence-corrected chi connectivity index (χ2v) is 4.57. The lowest BCUT2D eigenvalue weighted by Gasteiger charge is -2.30. The fraction of sp³-hybridized carbons (Fsp3) is 0.750. The number of aliphatic hydroxyl groups excluding tert-OH is 2. The maximum absolute atomic E-state index is 11.2. The fourth-order valence-corrected chi connectivity index (χ4v) is 1.66. The summed E-state index contributed by atoms with van der Waals surface area (Å²) < 4.78 is 5.35. The summed E-state index contributed by atoms with van der Waals surface area (Å²) >= 11 is 0. The Morgan fingerprint density at radius 2 is 2.11 bits per heavy atom. The number of carbonyl (C=O) groups is 1. The lowest BCUT2D eigenvalue weighted by Crippen LogP contribution is -2.45. The molecule has 0 aromatic heterocycles. The smallest absolute Gasteiger partial charge is 0.246 e. The van der Waals surface area contributed by atoms with Gasteiger partial charge in [-0.1, -0.05) is 6.58 Å². The Labute approximate surface area is 107 Å². The summed E-state index contributed by atoms with van der Waals surface area (Å²) in [5.74, 6) is -0.149. The molecule has 6 nitrogen and oxygen atoms in total. The van der Waals surface area contributed by atoms with E-state index in [9.17, 15) is 15.0 Å². The van der Waals surface area contributed by atoms with Crippen LogP contribution in [0.25, 0.3) is 0 Å². The Morgan fingerprint density at radius 3 is 2.72 bits per heavy atom. The van der Waals surface area contributed by atoms with E-state index in [1.807, 2.05) is 0 Å². The SMILES string of the molecule is C=C(C)C(=O)NCCNC[C@@H]1C[C@H](O)[C@@H](O)CO1. The summed E-state index contributed by atoms with van der Waals surface area (Å²) in [5, 5.41) is 24.6. The van der Waals surface area contributed by atoms with Crippen LogP contribution in [0.2, 0.25) is 0 Å². The molecule has 1 aliphatic heterocycles. The third kappa shape index (κ3) is 5.14. The molecule has 1 aliphatic rings. The maximum Gasteiger partial charge on any atom is 0.246 e. The Balaban J connectivity index is 2.05. The predicted molar refractivity (Wildman–Crippen MR) is 67.1 cm³/mol. The minimum atomic E-state index is -0.781. The molecule has 1 fully saturated rings. The zero-order chi connectivity index (χ0) is 13.5. The highest BCUT2D eigenvalue weighted by Crippen LogP contribution is 2.13. The Morgan fingerprint density at radius 1 is 1.39 bits per heavy atom. The molecule has 0 aromatic rings. The van der Waals surface area contributed by atoms with Gasteiger partial charge in [-0.15, -0.1) is 0 Å². The monoisotopic (exact) mass is 258 g/mol. The average Bonchev–Trinajstić information content (AvgIpc) is 2.32. The van der Waals surface area contributed by atoms with Gasteiger partial charge in [0.05, 0.1) is 18.8 Å². The second kappa shape index (κ2) is 7.48. The molecular weight excluding hydrogens is 236 g/mol. The lowest BCUT2D eigenvalue weighted by atomic mass is 10.0. The van der Waals surface area contributed by atoms with Crippen LogP contribution in [0.4, 0.5) is 0 Å². The summed E-state index contributed by atoms with van der Waals surface area (Å²) in [6, 6.07) is 0. The summed E-state index contributed by atoms with van der Waals surface area (Å²) in [7, 11) is 0. The minimum Gasteiger partial charge on any atom is -0.390 e. The number of rotatable bonds is 6. The Kier molecular flexibility index (Phi) is 6.28. The molecule has 104 valence electrons. The first-order chi connectivity index (χ1) is 8.50. The molecule has 0 bridgehead atoms. The van der Waals surface area contributed by atoms with E-state index in [1.54, 1.807) is 6.92 Å². The van der Waals surface area contributed by atoms with Crippen molar-refractivity contribution in [1.29, 1.82) is 0 Å². The van der Waals surface area contributed by atoms with Crippen LogP contribution in [0.3, 0.4) is 0 Å². The number of carbonyl (C=O) groups excluding carboxylic acids is 1. The molecule has 0 aliphatic carbocycles. The van der Waals surface area contributed by atoms with Crippen LogP contribution >= 0.6 is 0 Å². The standard InChI is InChI=1S/C12H22N2O4/c1-8(2)12(17)14-4-3-13-6-9-5-10(15)11(16)7-18-9/h9-11,13,15-16H,1,3-7H2,2H3,(H,14,17)/t9-,10-,11-/m0/s1. The van der Waals surface area contributed by atoms with Crippen LogP contribution in [-0.4, -0.2) is 60.7 Å². The zero-order valence-corrected chi connectivity index (χ0v) is 10.7. The van der Waals surface area contributed by atoms with Crippen molar-refractivity contribution in [3.63, 3.8) is 0 Å². The van der Waals surface area contributed by atoms with Gasteiger partial charge in [-0.3, -0.25) is 4.79 Å². The largest absolute Gasteiger partial charge is 0.390 e. The van der Waals surface area contributed by atoms with E-state index in [4.69, 9.17) is 4.74 Å². The molecule has 0 saturated carbocycles. The van der Waals surface area contributed by atoms with E-state index in [1.165, 1.54) is 0 Å². The number of nitrogens with one attached hydrogen (secondary N) is 2. The second-order valence-electron chi connectivity index (χ2n) is 4.57. The van der Waals surface area contributed by atoms with Crippen molar-refractivity contribution < 1.29 is 19.7 Å². The molecule has 1 amide bonds. The van der Waals surface area contributed by atoms with Crippen LogP contribution in [0, 0.1) is 0 Å². The van der Waals surface area contributed by atoms with E-state index in [0.29, 0.717) is 31.6 Å². The highest BCUT2D eigenvalue weighted by Gasteiger charge is 2.27. The van der Waals surface area contributed by atoms with Gasteiger partial charge in [-0.25, -0.2) is 0 Å². The van der Waals surface area contributed by atoms with Crippen LogP contribution in [0.15, 0.2) is 12.2 Å². The first-order valence-corrected chi connectivity index (χ1v) is 6.13. The van der Waals surface area contributed by atoms with Crippen molar-refractivity contribution in [3.8, 4) is 0 Å². The van der Waals surface area contributed by atoms with Crippen LogP contribution in [0.5, 0.6) is 0 Å². The summed E-state index contributed by atoms with van der Waals surface area (Å²) in [5.41, 5.74) is 0.489. The molecule has 0 aromatic carbocycles. The first-order valence-electron chi connectivity index (χ1n) is 6.13. The Hall–Kier alpha value is -0.950. The van der Waals surface area contributed by atoms with Gasteiger partial charge in [0.1, 0.15) is 6.10 Å². The normalized spacial score (nSPS) is 27.8. The highest BCUT2D eigenvalue weighted by molar-refractivity contribution is 5.92. The Bertz CT molecular complexity index is 296. The van der Waals surface area contributed by atoms with E-state index in [0.717, 1.165) is 0 Å². The van der Waals surface area contributed by atoms with Crippen LogP contribution in [0.1, 0.15) is 13.3 Å². The van der Waals surface area contributed by atoms with Crippen molar-refractivity contribution in [3.05, 3.63) is 12.2 Å². The van der Waals surface area contributed by atoms with E-state index < -0.39 is 12.2 Å². The summed E-state index contributed by atoms with van der Waals surface area (Å²) in [4.78, 5) is 11.2. The highest BCUT2D eigenvalue weighted by atomic mass is 16.5. The van der Waals surface area contributed by atoms with Gasteiger partial charge in [0.15, 0.2) is 0 Å². The molecule has 0 spiro atoms. The number of ether oxygens (including phenoxy) is 1. The molecule has 0 radical (unpaired) electrons. The van der Waals surface area contributed by atoms with Gasteiger partial charge in [-0.05, 0) is 6.92 Å². The van der Waals surface area contributed by atoms with Gasteiger partial charge in [0.2, 0.25) is 5.91 Å². The predicted octanol–water partition coefficient (Wildman–Crippen LogP) is -1.22. The van der Waals surface area contributed by atoms with Crippen molar-refractivity contribution in [1.82, 2.24) is 10.6 Å². The summed E-state index contributed by atoms with van der Waals surface area (Å²) in [6.45, 7) is 7.09. The quantitative estimate of drug-likeness (QED) is 0.354. The molecule has 3 atom stereocenters. The molecule has 1 rings (SSSR count). The van der Waals surface area contributed by atoms with E-state index in [-0.39, 0.29) is 18.6 Å². The lowest BCUT2D eigenvalue weighted by molar-refractivity contribution is -0.119. The maximum atomic E-state index is 11.2. The van der Waals surface area contributed by atoms with Gasteiger partial charge < -0.3 is 25.6 Å². The third-order valence-corrected chi connectivity index (χ3v) is 2.80. The third-order valence-electron chi connectivity index (χ3n) is 2.80. The van der Waals surface area contributed by atoms with Gasteiger partial charge >= 0.3 is 0 Å². The van der Waals surface area contributed by atoms with E-state index >= 15 is 0 Å². The van der Waals surface area contributed by atoms with Crippen molar-refractivity contribution >= 4 is 5.91 Å². The van der Waals surface area contributed by atoms with Crippen LogP contribution in [-0.2, 0) is 9.53 Å². The topological polar surface area (TPSA) is 90.8 Å². The van der Waals surface area contributed by atoms with Gasteiger partial charge in [0, 0.05) is 31.6 Å². The number of hydrogen-bond donors (Lipinski definition) is 4. The number of aliphatic hydroxyl groups is 2. The molecule has 0 unspecified atom stereocenters. The van der Waals surface area contributed by atoms with Crippen LogP contribution < -0.4 is 10.6 Å². The molecular formula is C12H22N2O4. The number of hydrogen-bond acceptors (Lipinski definition) is 5. The fourth-order valence-electron chi connectivity index (χ4n) is 1.66.